The number of hydrogen-bond acceptors (Lipinski definition) is 3. The molecule has 0 heterocycles. The quantitative estimate of drug-likeness (QED) is 0.434. The molecule has 4 nitrogen and oxygen atoms in total. The fourth-order valence-electron chi connectivity index (χ4n) is 0.555. The lowest BCUT2D eigenvalue weighted by molar-refractivity contribution is 0.131. The van der Waals surface area contributed by atoms with E-state index in [1.165, 1.54) is 0 Å². The zero-order chi connectivity index (χ0) is 11.9. The standard InChI is InChI=1S/C10H17O4P/c1-5-7-8-13-15(11,12)14-9-10(3,4)6-2/h2,5,7H,8-9H2,1,3-4H3,(H,11,12). The molecule has 15 heavy (non-hydrogen) atoms. The largest absolute Gasteiger partial charge is 0.472 e. The highest BCUT2D eigenvalue weighted by molar-refractivity contribution is 7.47. The van der Waals surface area contributed by atoms with Gasteiger partial charge in [-0.3, -0.25) is 9.05 Å². The van der Waals surface area contributed by atoms with E-state index in [9.17, 15) is 9.46 Å². The summed E-state index contributed by atoms with van der Waals surface area (Å²) >= 11 is 0. The van der Waals surface area contributed by atoms with Crippen LogP contribution in [0.4, 0.5) is 0 Å². The van der Waals surface area contributed by atoms with Crippen LogP contribution in [-0.2, 0) is 13.6 Å². The fraction of sp³-hybridized carbons (Fsp3) is 0.600. The van der Waals surface area contributed by atoms with Gasteiger partial charge in [-0.25, -0.2) is 4.57 Å². The molecule has 86 valence electrons. The molecule has 5 heteroatoms. The number of terminal acetylenes is 1. The Balaban J connectivity index is 4.06. The Morgan fingerprint density at radius 1 is 1.53 bits per heavy atom. The molecule has 0 saturated heterocycles. The monoisotopic (exact) mass is 232 g/mol. The molecular formula is C10H17O4P. The van der Waals surface area contributed by atoms with Crippen molar-refractivity contribution in [3.8, 4) is 12.3 Å². The summed E-state index contributed by atoms with van der Waals surface area (Å²) in [7, 11) is -3.98. The summed E-state index contributed by atoms with van der Waals surface area (Å²) < 4.78 is 20.6. The lowest BCUT2D eigenvalue weighted by Gasteiger charge is -2.19. The molecule has 0 rings (SSSR count). The number of allylic oxidation sites excluding steroid dienone is 1. The molecule has 0 aromatic heterocycles. The van der Waals surface area contributed by atoms with Crippen LogP contribution in [-0.4, -0.2) is 18.1 Å². The number of phosphoric ester groups is 1. The van der Waals surface area contributed by atoms with Crippen LogP contribution in [0.5, 0.6) is 0 Å². The smallest absolute Gasteiger partial charge is 0.302 e. The van der Waals surface area contributed by atoms with Gasteiger partial charge in [0.15, 0.2) is 0 Å². The normalized spacial score (nSPS) is 16.2. The molecular weight excluding hydrogens is 215 g/mol. The van der Waals surface area contributed by atoms with Gasteiger partial charge in [-0.15, -0.1) is 6.42 Å². The van der Waals surface area contributed by atoms with E-state index in [4.69, 9.17) is 10.9 Å². The van der Waals surface area contributed by atoms with Gasteiger partial charge in [0.1, 0.15) is 0 Å². The molecule has 0 saturated carbocycles. The summed E-state index contributed by atoms with van der Waals surface area (Å²) in [6.45, 7) is 5.28. The Morgan fingerprint density at radius 3 is 2.60 bits per heavy atom. The van der Waals surface area contributed by atoms with Crippen LogP contribution in [0.1, 0.15) is 20.8 Å². The van der Waals surface area contributed by atoms with Gasteiger partial charge in [-0.05, 0) is 20.8 Å². The Morgan fingerprint density at radius 2 is 2.13 bits per heavy atom. The summed E-state index contributed by atoms with van der Waals surface area (Å²) in [4.78, 5) is 9.21. The maximum atomic E-state index is 11.3. The van der Waals surface area contributed by atoms with E-state index < -0.39 is 13.2 Å². The highest BCUT2D eigenvalue weighted by atomic mass is 31.2. The third kappa shape index (κ3) is 7.35. The van der Waals surface area contributed by atoms with Gasteiger partial charge in [0, 0.05) is 5.41 Å². The van der Waals surface area contributed by atoms with E-state index in [1.54, 1.807) is 32.9 Å². The molecule has 0 aliphatic heterocycles. The van der Waals surface area contributed by atoms with Crippen molar-refractivity contribution in [3.05, 3.63) is 12.2 Å². The Labute approximate surface area is 90.9 Å². The van der Waals surface area contributed by atoms with E-state index in [0.717, 1.165) is 0 Å². The molecule has 1 N–H and O–H groups in total. The molecule has 0 aliphatic carbocycles. The first-order valence-electron chi connectivity index (χ1n) is 4.54. The van der Waals surface area contributed by atoms with Gasteiger partial charge >= 0.3 is 7.82 Å². The molecule has 0 aliphatic rings. The third-order valence-corrected chi connectivity index (χ3v) is 2.48. The third-order valence-electron chi connectivity index (χ3n) is 1.55. The lowest BCUT2D eigenvalue weighted by atomic mass is 9.97. The summed E-state index contributed by atoms with van der Waals surface area (Å²) in [5, 5.41) is 0. The van der Waals surface area contributed by atoms with Crippen LogP contribution in [0.25, 0.3) is 0 Å². The van der Waals surface area contributed by atoms with Crippen LogP contribution in [0.2, 0.25) is 0 Å². The Bertz CT molecular complexity index is 301. The van der Waals surface area contributed by atoms with Crippen molar-refractivity contribution in [2.24, 2.45) is 5.41 Å². The molecule has 1 atom stereocenters. The molecule has 0 aromatic rings. The highest BCUT2D eigenvalue weighted by Crippen LogP contribution is 2.44. The van der Waals surface area contributed by atoms with Crippen molar-refractivity contribution in [1.82, 2.24) is 0 Å². The van der Waals surface area contributed by atoms with Crippen molar-refractivity contribution < 1.29 is 18.5 Å². The van der Waals surface area contributed by atoms with Crippen molar-refractivity contribution in [3.63, 3.8) is 0 Å². The van der Waals surface area contributed by atoms with Crippen molar-refractivity contribution >= 4 is 7.82 Å². The van der Waals surface area contributed by atoms with Crippen LogP contribution in [0.15, 0.2) is 12.2 Å². The van der Waals surface area contributed by atoms with E-state index in [1.807, 2.05) is 0 Å². The predicted molar refractivity (Wildman–Crippen MR) is 59.2 cm³/mol. The maximum absolute atomic E-state index is 11.3. The molecule has 0 bridgehead atoms. The van der Waals surface area contributed by atoms with Gasteiger partial charge in [-0.2, -0.15) is 0 Å². The Hall–Kier alpha value is -0.590. The first-order chi connectivity index (χ1) is 6.83. The lowest BCUT2D eigenvalue weighted by Crippen LogP contribution is -2.16. The molecule has 0 radical (unpaired) electrons. The second-order valence-corrected chi connectivity index (χ2v) is 5.09. The topological polar surface area (TPSA) is 55.8 Å². The molecule has 0 aromatic carbocycles. The minimum absolute atomic E-state index is 0.0207. The van der Waals surface area contributed by atoms with Gasteiger partial charge in [0.25, 0.3) is 0 Å². The van der Waals surface area contributed by atoms with Crippen molar-refractivity contribution in [1.29, 1.82) is 0 Å². The maximum Gasteiger partial charge on any atom is 0.472 e. The first-order valence-corrected chi connectivity index (χ1v) is 6.03. The number of phosphoric acid groups is 1. The zero-order valence-electron chi connectivity index (χ0n) is 9.27. The van der Waals surface area contributed by atoms with Crippen molar-refractivity contribution in [2.75, 3.05) is 13.2 Å². The van der Waals surface area contributed by atoms with Gasteiger partial charge < -0.3 is 4.89 Å². The Kier molecular flexibility index (Phi) is 5.85. The van der Waals surface area contributed by atoms with Crippen LogP contribution in [0, 0.1) is 17.8 Å². The summed E-state index contributed by atoms with van der Waals surface area (Å²) in [6.07, 6.45) is 8.53. The molecule has 0 fully saturated rings. The van der Waals surface area contributed by atoms with Crippen LogP contribution >= 0.6 is 7.82 Å². The SMILES string of the molecule is C#CC(C)(C)COP(=O)(O)OCC=CC. The van der Waals surface area contributed by atoms with E-state index >= 15 is 0 Å². The first kappa shape index (κ1) is 14.4. The summed E-state index contributed by atoms with van der Waals surface area (Å²) in [6, 6.07) is 0. The number of hydrogen-bond donors (Lipinski definition) is 1. The summed E-state index contributed by atoms with van der Waals surface area (Å²) in [5.74, 6) is 2.45. The van der Waals surface area contributed by atoms with Crippen LogP contribution < -0.4 is 0 Å². The second kappa shape index (κ2) is 6.09. The fourth-order valence-corrected chi connectivity index (χ4v) is 1.39. The second-order valence-electron chi connectivity index (χ2n) is 3.64. The zero-order valence-corrected chi connectivity index (χ0v) is 10.2. The average molecular weight is 232 g/mol. The number of rotatable bonds is 6. The minimum atomic E-state index is -3.98. The minimum Gasteiger partial charge on any atom is -0.302 e. The average Bonchev–Trinajstić information content (AvgIpc) is 2.16. The predicted octanol–water partition coefficient (Wildman–Crippen LogP) is 2.36. The van der Waals surface area contributed by atoms with E-state index in [-0.39, 0.29) is 13.2 Å². The van der Waals surface area contributed by atoms with Gasteiger partial charge in [0.05, 0.1) is 13.2 Å². The molecule has 0 spiro atoms. The van der Waals surface area contributed by atoms with E-state index in [0.29, 0.717) is 0 Å². The van der Waals surface area contributed by atoms with Crippen LogP contribution in [0.3, 0.4) is 0 Å². The van der Waals surface area contributed by atoms with Gasteiger partial charge in [0.2, 0.25) is 0 Å². The van der Waals surface area contributed by atoms with Crippen molar-refractivity contribution in [2.45, 2.75) is 20.8 Å². The molecule has 1 unspecified atom stereocenters. The highest BCUT2D eigenvalue weighted by Gasteiger charge is 2.25. The van der Waals surface area contributed by atoms with E-state index in [2.05, 4.69) is 10.4 Å². The molecule has 0 amide bonds. The van der Waals surface area contributed by atoms with Gasteiger partial charge in [-0.1, -0.05) is 18.1 Å². The summed E-state index contributed by atoms with van der Waals surface area (Å²) in [5.41, 5.74) is -0.581.